The van der Waals surface area contributed by atoms with Crippen LogP contribution in [-0.2, 0) is 6.42 Å². The maximum atomic E-state index is 10.3. The summed E-state index contributed by atoms with van der Waals surface area (Å²) in [4.78, 5) is 0. The molecule has 1 nitrogen and oxygen atoms in total. The molecule has 0 aliphatic carbocycles. The van der Waals surface area contributed by atoms with E-state index in [4.69, 9.17) is 11.6 Å². The molecular formula is C17H19ClO. The molecule has 0 aliphatic heterocycles. The Morgan fingerprint density at radius 3 is 2.37 bits per heavy atom. The van der Waals surface area contributed by atoms with Gasteiger partial charge in [-0.05, 0) is 54.7 Å². The van der Waals surface area contributed by atoms with Crippen molar-refractivity contribution in [2.75, 3.05) is 0 Å². The van der Waals surface area contributed by atoms with Crippen LogP contribution in [0, 0.1) is 20.8 Å². The monoisotopic (exact) mass is 274 g/mol. The van der Waals surface area contributed by atoms with E-state index in [0.717, 1.165) is 16.7 Å². The highest BCUT2D eigenvalue weighted by Gasteiger charge is 2.12. The van der Waals surface area contributed by atoms with E-state index in [1.807, 2.05) is 25.1 Å². The Morgan fingerprint density at radius 1 is 1.00 bits per heavy atom. The van der Waals surface area contributed by atoms with Gasteiger partial charge < -0.3 is 5.11 Å². The Hall–Kier alpha value is -1.31. The zero-order chi connectivity index (χ0) is 14.0. The normalized spacial score (nSPS) is 12.5. The van der Waals surface area contributed by atoms with Gasteiger partial charge in [0.2, 0.25) is 0 Å². The van der Waals surface area contributed by atoms with Crippen molar-refractivity contribution in [3.05, 3.63) is 69.2 Å². The highest BCUT2D eigenvalue weighted by molar-refractivity contribution is 6.31. The molecule has 1 N–H and O–H groups in total. The number of rotatable bonds is 3. The number of aryl methyl sites for hydroxylation is 3. The lowest BCUT2D eigenvalue weighted by Crippen LogP contribution is -2.03. The SMILES string of the molecule is Cc1ccc(C(O)Cc2ccc(C)c(C)c2)c(Cl)c1. The molecular weight excluding hydrogens is 256 g/mol. The third-order valence-corrected chi connectivity index (χ3v) is 3.84. The van der Waals surface area contributed by atoms with Crippen molar-refractivity contribution >= 4 is 11.6 Å². The fraction of sp³-hybridized carbons (Fsp3) is 0.294. The Bertz CT molecular complexity index is 590. The number of aliphatic hydroxyl groups excluding tert-OH is 1. The molecule has 0 radical (unpaired) electrons. The van der Waals surface area contributed by atoms with Crippen molar-refractivity contribution in [1.29, 1.82) is 0 Å². The third kappa shape index (κ3) is 3.37. The number of hydrogen-bond acceptors (Lipinski definition) is 1. The van der Waals surface area contributed by atoms with Gasteiger partial charge in [0.15, 0.2) is 0 Å². The van der Waals surface area contributed by atoms with Crippen LogP contribution in [0.5, 0.6) is 0 Å². The van der Waals surface area contributed by atoms with Crippen molar-refractivity contribution in [1.82, 2.24) is 0 Å². The number of aliphatic hydroxyl groups is 1. The minimum Gasteiger partial charge on any atom is -0.388 e. The van der Waals surface area contributed by atoms with Gasteiger partial charge in [-0.3, -0.25) is 0 Å². The maximum Gasteiger partial charge on any atom is 0.0844 e. The molecule has 100 valence electrons. The van der Waals surface area contributed by atoms with E-state index >= 15 is 0 Å². The Balaban J connectivity index is 2.20. The summed E-state index contributed by atoms with van der Waals surface area (Å²) in [6.45, 7) is 6.17. The van der Waals surface area contributed by atoms with Crippen LogP contribution in [0.1, 0.15) is 33.9 Å². The van der Waals surface area contributed by atoms with E-state index in [1.165, 1.54) is 11.1 Å². The fourth-order valence-corrected chi connectivity index (χ4v) is 2.53. The second-order valence-corrected chi connectivity index (χ2v) is 5.57. The van der Waals surface area contributed by atoms with Gasteiger partial charge in [0.05, 0.1) is 6.10 Å². The lowest BCUT2D eigenvalue weighted by Gasteiger charge is -2.14. The van der Waals surface area contributed by atoms with Crippen LogP contribution in [0.2, 0.25) is 5.02 Å². The fourth-order valence-electron chi connectivity index (χ4n) is 2.17. The highest BCUT2D eigenvalue weighted by Crippen LogP contribution is 2.27. The molecule has 0 heterocycles. The van der Waals surface area contributed by atoms with Crippen LogP contribution >= 0.6 is 11.6 Å². The third-order valence-electron chi connectivity index (χ3n) is 3.52. The van der Waals surface area contributed by atoms with Crippen LogP contribution in [0.15, 0.2) is 36.4 Å². The van der Waals surface area contributed by atoms with Gasteiger partial charge in [-0.15, -0.1) is 0 Å². The maximum absolute atomic E-state index is 10.3. The Kier molecular flexibility index (Phi) is 4.28. The van der Waals surface area contributed by atoms with Crippen LogP contribution in [-0.4, -0.2) is 5.11 Å². The molecule has 19 heavy (non-hydrogen) atoms. The lowest BCUT2D eigenvalue weighted by molar-refractivity contribution is 0.178. The van der Waals surface area contributed by atoms with Crippen molar-refractivity contribution in [2.45, 2.75) is 33.3 Å². The van der Waals surface area contributed by atoms with E-state index in [-0.39, 0.29) is 0 Å². The zero-order valence-corrected chi connectivity index (χ0v) is 12.3. The molecule has 2 aromatic rings. The average molecular weight is 275 g/mol. The molecule has 0 spiro atoms. The van der Waals surface area contributed by atoms with E-state index in [0.29, 0.717) is 11.4 Å². The lowest BCUT2D eigenvalue weighted by atomic mass is 9.98. The Labute approximate surface area is 119 Å². The number of halogens is 1. The Morgan fingerprint density at radius 2 is 1.74 bits per heavy atom. The van der Waals surface area contributed by atoms with Gasteiger partial charge in [0.25, 0.3) is 0 Å². The quantitative estimate of drug-likeness (QED) is 0.871. The highest BCUT2D eigenvalue weighted by atomic mass is 35.5. The largest absolute Gasteiger partial charge is 0.388 e. The van der Waals surface area contributed by atoms with Crippen molar-refractivity contribution in [2.24, 2.45) is 0 Å². The molecule has 0 saturated heterocycles. The minimum absolute atomic E-state index is 0.560. The topological polar surface area (TPSA) is 20.2 Å². The van der Waals surface area contributed by atoms with Crippen LogP contribution in [0.25, 0.3) is 0 Å². The van der Waals surface area contributed by atoms with Crippen LogP contribution in [0.4, 0.5) is 0 Å². The van der Waals surface area contributed by atoms with E-state index in [1.54, 1.807) is 0 Å². The van der Waals surface area contributed by atoms with Gasteiger partial charge in [0, 0.05) is 11.4 Å². The standard InChI is InChI=1S/C17H19ClO/c1-11-4-7-15(16(18)8-11)17(19)10-14-6-5-12(2)13(3)9-14/h4-9,17,19H,10H2,1-3H3. The summed E-state index contributed by atoms with van der Waals surface area (Å²) in [7, 11) is 0. The van der Waals surface area contributed by atoms with E-state index < -0.39 is 6.10 Å². The van der Waals surface area contributed by atoms with Crippen molar-refractivity contribution < 1.29 is 5.11 Å². The molecule has 0 bridgehead atoms. The first kappa shape index (κ1) is 14.1. The van der Waals surface area contributed by atoms with Gasteiger partial charge in [-0.2, -0.15) is 0 Å². The molecule has 1 unspecified atom stereocenters. The van der Waals surface area contributed by atoms with Crippen LogP contribution < -0.4 is 0 Å². The first-order valence-electron chi connectivity index (χ1n) is 6.47. The molecule has 0 fully saturated rings. The molecule has 2 rings (SSSR count). The van der Waals surface area contributed by atoms with Crippen molar-refractivity contribution in [3.8, 4) is 0 Å². The van der Waals surface area contributed by atoms with E-state index in [2.05, 4.69) is 32.0 Å². The molecule has 0 aliphatic rings. The molecule has 1 atom stereocenters. The second kappa shape index (κ2) is 5.77. The predicted molar refractivity (Wildman–Crippen MR) is 80.8 cm³/mol. The molecule has 0 amide bonds. The number of hydrogen-bond donors (Lipinski definition) is 1. The summed E-state index contributed by atoms with van der Waals surface area (Å²) in [5.41, 5.74) is 5.55. The molecule has 2 aromatic carbocycles. The summed E-state index contributed by atoms with van der Waals surface area (Å²) in [5, 5.41) is 11.0. The zero-order valence-electron chi connectivity index (χ0n) is 11.6. The first-order chi connectivity index (χ1) is 8.97. The molecule has 0 saturated carbocycles. The van der Waals surface area contributed by atoms with Gasteiger partial charge >= 0.3 is 0 Å². The summed E-state index contributed by atoms with van der Waals surface area (Å²) in [5.74, 6) is 0. The second-order valence-electron chi connectivity index (χ2n) is 5.16. The molecule has 0 aromatic heterocycles. The average Bonchev–Trinajstić information content (AvgIpc) is 2.33. The van der Waals surface area contributed by atoms with E-state index in [9.17, 15) is 5.11 Å². The molecule has 2 heteroatoms. The summed E-state index contributed by atoms with van der Waals surface area (Å²) in [6, 6.07) is 12.1. The summed E-state index contributed by atoms with van der Waals surface area (Å²) in [6.07, 6.45) is 0.0272. The van der Waals surface area contributed by atoms with Gasteiger partial charge in [0.1, 0.15) is 0 Å². The summed E-state index contributed by atoms with van der Waals surface area (Å²) < 4.78 is 0. The van der Waals surface area contributed by atoms with Gasteiger partial charge in [-0.25, -0.2) is 0 Å². The smallest absolute Gasteiger partial charge is 0.0844 e. The summed E-state index contributed by atoms with van der Waals surface area (Å²) >= 11 is 6.19. The predicted octanol–water partition coefficient (Wildman–Crippen LogP) is 4.54. The number of benzene rings is 2. The van der Waals surface area contributed by atoms with Crippen LogP contribution in [0.3, 0.4) is 0 Å². The first-order valence-corrected chi connectivity index (χ1v) is 6.85. The minimum atomic E-state index is -0.560. The van der Waals surface area contributed by atoms with Gasteiger partial charge in [-0.1, -0.05) is 41.9 Å². The van der Waals surface area contributed by atoms with Crippen molar-refractivity contribution in [3.63, 3.8) is 0 Å².